The topological polar surface area (TPSA) is 108 Å². The maximum atomic E-state index is 12.7. The van der Waals surface area contributed by atoms with E-state index in [2.05, 4.69) is 0 Å². The Balaban J connectivity index is 1.94. The van der Waals surface area contributed by atoms with Crippen molar-refractivity contribution < 1.29 is 37.0 Å². The molecule has 32 heavy (non-hydrogen) atoms. The van der Waals surface area contributed by atoms with E-state index in [1.807, 2.05) is 13.8 Å². The Hall–Kier alpha value is -2.49. The highest BCUT2D eigenvalue weighted by Crippen LogP contribution is 2.38. The summed E-state index contributed by atoms with van der Waals surface area (Å²) in [5.41, 5.74) is 0.792. The second-order valence-corrected chi connectivity index (χ2v) is 10.4. The first-order valence-electron chi connectivity index (χ1n) is 10.5. The smallest absolute Gasteiger partial charge is 0.306 e. The van der Waals surface area contributed by atoms with Crippen molar-refractivity contribution >= 4 is 21.7 Å². The zero-order chi connectivity index (χ0) is 23.9. The molecule has 1 atom stereocenters. The molecule has 0 aromatic heterocycles. The number of nitrogens with zero attached hydrogens (tertiary/aromatic N) is 1. The van der Waals surface area contributed by atoms with Gasteiger partial charge in [0.2, 0.25) is 5.75 Å². The molecule has 2 rings (SSSR count). The number of carbonyl (C=O) groups is 2. The Morgan fingerprint density at radius 1 is 1.09 bits per heavy atom. The Bertz CT molecular complexity index is 888. The van der Waals surface area contributed by atoms with Gasteiger partial charge in [-0.1, -0.05) is 13.8 Å². The molecule has 1 aromatic carbocycles. The predicted octanol–water partition coefficient (Wildman–Crippen LogP) is 1.86. The van der Waals surface area contributed by atoms with Crippen LogP contribution in [-0.2, 0) is 30.6 Å². The summed E-state index contributed by atoms with van der Waals surface area (Å²) >= 11 is 0. The summed E-state index contributed by atoms with van der Waals surface area (Å²) in [4.78, 5) is 26.5. The van der Waals surface area contributed by atoms with Crippen LogP contribution in [0.4, 0.5) is 0 Å². The lowest BCUT2D eigenvalue weighted by Crippen LogP contribution is -2.45. The molecule has 0 unspecified atom stereocenters. The van der Waals surface area contributed by atoms with E-state index in [9.17, 15) is 18.0 Å². The molecule has 0 bridgehead atoms. The van der Waals surface area contributed by atoms with Gasteiger partial charge in [0, 0.05) is 19.0 Å². The lowest BCUT2D eigenvalue weighted by Gasteiger charge is -2.29. The highest BCUT2D eigenvalue weighted by Gasteiger charge is 2.35. The first-order valence-corrected chi connectivity index (χ1v) is 12.4. The first kappa shape index (κ1) is 25.8. The third-order valence-electron chi connectivity index (χ3n) is 5.23. The van der Waals surface area contributed by atoms with Gasteiger partial charge in [-0.15, -0.1) is 0 Å². The van der Waals surface area contributed by atoms with Crippen LogP contribution in [0.1, 0.15) is 32.3 Å². The van der Waals surface area contributed by atoms with Gasteiger partial charge in [-0.05, 0) is 36.5 Å². The Morgan fingerprint density at radius 2 is 1.72 bits per heavy atom. The van der Waals surface area contributed by atoms with Crippen molar-refractivity contribution in [3.63, 3.8) is 0 Å². The van der Waals surface area contributed by atoms with Crippen LogP contribution in [0.3, 0.4) is 0 Å². The fraction of sp³-hybridized carbons (Fsp3) is 0.636. The summed E-state index contributed by atoms with van der Waals surface area (Å²) in [6.45, 7) is 3.92. The van der Waals surface area contributed by atoms with Crippen LogP contribution in [0, 0.1) is 5.92 Å². The minimum Gasteiger partial charge on any atom is -0.493 e. The number of ether oxygens (including phenoxy) is 4. The summed E-state index contributed by atoms with van der Waals surface area (Å²) in [6, 6.07) is 3.14. The average Bonchev–Trinajstić information content (AvgIpc) is 3.12. The summed E-state index contributed by atoms with van der Waals surface area (Å²) in [5.74, 6) is 0.749. The van der Waals surface area contributed by atoms with Gasteiger partial charge in [-0.2, -0.15) is 0 Å². The normalized spacial score (nSPS) is 17.1. The van der Waals surface area contributed by atoms with Crippen LogP contribution in [0.15, 0.2) is 12.1 Å². The fourth-order valence-corrected chi connectivity index (χ4v) is 5.42. The molecule has 9 nitrogen and oxygen atoms in total. The van der Waals surface area contributed by atoms with Crippen molar-refractivity contribution in [2.75, 3.05) is 46.0 Å². The number of hydrogen-bond acceptors (Lipinski definition) is 8. The molecular formula is C22H33NO8S. The second-order valence-electron chi connectivity index (χ2n) is 8.19. The Morgan fingerprint density at radius 3 is 2.19 bits per heavy atom. The van der Waals surface area contributed by atoms with Gasteiger partial charge in [-0.3, -0.25) is 9.59 Å². The molecule has 1 amide bonds. The molecule has 1 saturated heterocycles. The molecule has 1 aliphatic rings. The number of carbonyl (C=O) groups excluding carboxylic acids is 2. The van der Waals surface area contributed by atoms with E-state index >= 15 is 0 Å². The predicted molar refractivity (Wildman–Crippen MR) is 119 cm³/mol. The van der Waals surface area contributed by atoms with Gasteiger partial charge in [0.1, 0.15) is 0 Å². The number of esters is 1. The van der Waals surface area contributed by atoms with E-state index in [1.165, 1.54) is 21.3 Å². The molecule has 10 heteroatoms. The number of amides is 1. The van der Waals surface area contributed by atoms with Gasteiger partial charge in [0.15, 0.2) is 27.9 Å². The highest BCUT2D eigenvalue weighted by atomic mass is 32.2. The van der Waals surface area contributed by atoms with Gasteiger partial charge in [0.05, 0.1) is 32.8 Å². The molecule has 1 aromatic rings. The van der Waals surface area contributed by atoms with Crippen molar-refractivity contribution in [1.82, 2.24) is 4.90 Å². The van der Waals surface area contributed by atoms with Crippen molar-refractivity contribution in [1.29, 1.82) is 0 Å². The number of benzene rings is 1. The number of rotatable bonds is 11. The zero-order valence-electron chi connectivity index (χ0n) is 19.4. The molecule has 180 valence electrons. The molecule has 1 fully saturated rings. The number of hydrogen-bond donors (Lipinski definition) is 0. The number of aryl methyl sites for hydroxylation is 1. The van der Waals surface area contributed by atoms with Crippen molar-refractivity contribution in [2.45, 2.75) is 39.2 Å². The van der Waals surface area contributed by atoms with E-state index < -0.39 is 22.4 Å². The summed E-state index contributed by atoms with van der Waals surface area (Å²) in [6.07, 6.45) is 0.837. The fourth-order valence-electron chi connectivity index (χ4n) is 3.69. The van der Waals surface area contributed by atoms with Crippen molar-refractivity contribution in [2.24, 2.45) is 5.92 Å². The summed E-state index contributed by atoms with van der Waals surface area (Å²) < 4.78 is 44.7. The third-order valence-corrected chi connectivity index (χ3v) is 6.98. The molecule has 0 radical (unpaired) electrons. The minimum atomic E-state index is -3.13. The molecule has 0 N–H and O–H groups in total. The number of methoxy groups -OCH3 is 3. The quantitative estimate of drug-likeness (QED) is 0.450. The summed E-state index contributed by atoms with van der Waals surface area (Å²) in [7, 11) is 1.41. The Labute approximate surface area is 189 Å². The van der Waals surface area contributed by atoms with Crippen LogP contribution in [0.5, 0.6) is 17.2 Å². The van der Waals surface area contributed by atoms with E-state index in [-0.39, 0.29) is 35.8 Å². The first-order chi connectivity index (χ1) is 15.1. The Kier molecular flexibility index (Phi) is 9.18. The van der Waals surface area contributed by atoms with Crippen LogP contribution in [0.2, 0.25) is 0 Å². The lowest BCUT2D eigenvalue weighted by atomic mass is 10.1. The van der Waals surface area contributed by atoms with Gasteiger partial charge >= 0.3 is 5.97 Å². The van der Waals surface area contributed by atoms with E-state index in [0.717, 1.165) is 5.56 Å². The second kappa shape index (κ2) is 11.4. The maximum absolute atomic E-state index is 12.7. The van der Waals surface area contributed by atoms with Crippen LogP contribution in [0.25, 0.3) is 0 Å². The molecular weight excluding hydrogens is 438 g/mol. The molecule has 0 spiro atoms. The molecule has 0 aliphatic carbocycles. The van der Waals surface area contributed by atoms with E-state index in [1.54, 1.807) is 17.0 Å². The maximum Gasteiger partial charge on any atom is 0.306 e. The SMILES string of the molecule is COc1cc(CCC(=O)OCC(=O)N(CC(C)C)[C@H]2CCS(=O)(=O)C2)cc(OC)c1OC. The molecule has 1 heterocycles. The highest BCUT2D eigenvalue weighted by molar-refractivity contribution is 7.91. The van der Waals surface area contributed by atoms with E-state index in [4.69, 9.17) is 18.9 Å². The lowest BCUT2D eigenvalue weighted by molar-refractivity contribution is -0.153. The number of sulfone groups is 1. The minimum absolute atomic E-state index is 0.0411. The van der Waals surface area contributed by atoms with Gasteiger partial charge in [0.25, 0.3) is 5.91 Å². The van der Waals surface area contributed by atoms with Gasteiger partial charge in [-0.25, -0.2) is 8.42 Å². The zero-order valence-corrected chi connectivity index (χ0v) is 20.2. The largest absolute Gasteiger partial charge is 0.493 e. The van der Waals surface area contributed by atoms with E-state index in [0.29, 0.717) is 36.6 Å². The molecule has 1 aliphatic heterocycles. The van der Waals surface area contributed by atoms with Crippen LogP contribution < -0.4 is 14.2 Å². The average molecular weight is 472 g/mol. The van der Waals surface area contributed by atoms with Crippen molar-refractivity contribution in [3.05, 3.63) is 17.7 Å². The summed E-state index contributed by atoms with van der Waals surface area (Å²) in [5, 5.41) is 0. The van der Waals surface area contributed by atoms with Gasteiger partial charge < -0.3 is 23.8 Å². The molecule has 0 saturated carbocycles. The third kappa shape index (κ3) is 7.01. The standard InChI is InChI=1S/C22H33NO8S/c1-15(2)12-23(17-8-9-32(26,27)14-17)20(24)13-31-21(25)7-6-16-10-18(28-3)22(30-5)19(11-16)29-4/h10-11,15,17H,6-9,12-14H2,1-5H3/t17-/m0/s1. The van der Waals surface area contributed by atoms with Crippen molar-refractivity contribution in [3.8, 4) is 17.2 Å². The van der Waals surface area contributed by atoms with Crippen LogP contribution >= 0.6 is 0 Å². The van der Waals surface area contributed by atoms with Crippen LogP contribution in [-0.4, -0.2) is 77.2 Å². The monoisotopic (exact) mass is 471 g/mol.